The fraction of sp³-hybridized carbons (Fsp3) is 0.714. The maximum absolute atomic E-state index is 12.7. The molecule has 3 fully saturated rings. The third kappa shape index (κ3) is 2.79. The summed E-state index contributed by atoms with van der Waals surface area (Å²) in [6, 6.07) is 0. The second-order valence-electron chi connectivity index (χ2n) is 8.80. The van der Waals surface area contributed by atoms with Crippen LogP contribution in [0.4, 0.5) is 0 Å². The average Bonchev–Trinajstić information content (AvgIpc) is 2.89. The first-order chi connectivity index (χ1) is 11.9. The van der Waals surface area contributed by atoms with E-state index in [9.17, 15) is 9.59 Å². The normalized spacial score (nSPS) is 39.4. The largest absolute Gasteiger partial charge is 0.457 e. The van der Waals surface area contributed by atoms with Gasteiger partial charge in [-0.3, -0.25) is 9.59 Å². The van der Waals surface area contributed by atoms with E-state index in [0.29, 0.717) is 0 Å². The number of ether oxygens (including phenoxy) is 1. The van der Waals surface area contributed by atoms with E-state index in [1.54, 1.807) is 6.08 Å². The maximum Gasteiger partial charge on any atom is 0.311 e. The Bertz CT molecular complexity index is 656. The minimum Gasteiger partial charge on any atom is -0.457 e. The molecule has 0 aromatic rings. The van der Waals surface area contributed by atoms with Crippen molar-refractivity contribution in [1.29, 1.82) is 0 Å². The number of rotatable bonds is 2. The van der Waals surface area contributed by atoms with Gasteiger partial charge < -0.3 is 9.64 Å². The van der Waals surface area contributed by atoms with Gasteiger partial charge in [0.2, 0.25) is 0 Å². The molecule has 4 nitrogen and oxygen atoms in total. The van der Waals surface area contributed by atoms with Crippen LogP contribution in [0.2, 0.25) is 0 Å². The zero-order chi connectivity index (χ0) is 17.8. The van der Waals surface area contributed by atoms with Crippen LogP contribution in [0.3, 0.4) is 0 Å². The molecule has 2 aliphatic carbocycles. The lowest BCUT2D eigenvalue weighted by Crippen LogP contribution is -2.43. The number of carbonyl (C=O) groups is 2. The molecule has 0 aromatic carbocycles. The molecule has 0 aromatic heterocycles. The second-order valence-corrected chi connectivity index (χ2v) is 8.80. The zero-order valence-corrected chi connectivity index (χ0v) is 15.6. The lowest BCUT2D eigenvalue weighted by molar-refractivity contribution is -0.144. The minimum absolute atomic E-state index is 0.0377. The van der Waals surface area contributed by atoms with Crippen LogP contribution in [0.15, 0.2) is 23.3 Å². The van der Waals surface area contributed by atoms with Crippen molar-refractivity contribution >= 4 is 11.8 Å². The topological polar surface area (TPSA) is 46.6 Å². The van der Waals surface area contributed by atoms with Crippen LogP contribution in [0.5, 0.6) is 0 Å². The summed E-state index contributed by atoms with van der Waals surface area (Å²) in [5, 5.41) is 0. The summed E-state index contributed by atoms with van der Waals surface area (Å²) in [6.07, 6.45) is 7.96. The Morgan fingerprint density at radius 2 is 1.96 bits per heavy atom. The number of nitrogens with zero attached hydrogens (tertiary/aromatic N) is 1. The molecule has 0 radical (unpaired) electrons. The van der Waals surface area contributed by atoms with Crippen molar-refractivity contribution in [1.82, 2.24) is 4.90 Å². The molecule has 4 rings (SSSR count). The number of fused-ring (bicyclic) bond motifs is 3. The van der Waals surface area contributed by atoms with Gasteiger partial charge in [-0.2, -0.15) is 0 Å². The highest BCUT2D eigenvalue weighted by Crippen LogP contribution is 2.53. The Morgan fingerprint density at radius 3 is 2.68 bits per heavy atom. The average molecular weight is 343 g/mol. The SMILES string of the molecule is CC1=C2[C@H]3OC(=O)[C@@H](CN4CCC(C)CC4)[C@@H]3CC[C@@]2(C)C=CC1=O. The van der Waals surface area contributed by atoms with E-state index in [-0.39, 0.29) is 35.1 Å². The maximum atomic E-state index is 12.7. The van der Waals surface area contributed by atoms with E-state index in [1.165, 1.54) is 12.8 Å². The van der Waals surface area contributed by atoms with Gasteiger partial charge in [0, 0.05) is 23.5 Å². The van der Waals surface area contributed by atoms with Crippen molar-refractivity contribution in [2.24, 2.45) is 23.2 Å². The number of ketones is 1. The van der Waals surface area contributed by atoms with Gasteiger partial charge in [0.1, 0.15) is 6.10 Å². The van der Waals surface area contributed by atoms with Gasteiger partial charge in [-0.05, 0) is 63.3 Å². The Balaban J connectivity index is 1.56. The van der Waals surface area contributed by atoms with Crippen molar-refractivity contribution in [3.63, 3.8) is 0 Å². The quantitative estimate of drug-likeness (QED) is 0.723. The highest BCUT2D eigenvalue weighted by Gasteiger charge is 2.54. The molecule has 2 aliphatic heterocycles. The molecule has 136 valence electrons. The van der Waals surface area contributed by atoms with E-state index < -0.39 is 0 Å². The summed E-state index contributed by atoms with van der Waals surface area (Å²) >= 11 is 0. The van der Waals surface area contributed by atoms with E-state index in [2.05, 4.69) is 18.7 Å². The monoisotopic (exact) mass is 343 g/mol. The number of likely N-dealkylation sites (tertiary alicyclic amines) is 1. The molecule has 4 aliphatic rings. The summed E-state index contributed by atoms with van der Waals surface area (Å²) in [7, 11) is 0. The third-order valence-electron chi connectivity index (χ3n) is 7.06. The van der Waals surface area contributed by atoms with Crippen LogP contribution in [0.1, 0.15) is 46.5 Å². The van der Waals surface area contributed by atoms with Crippen LogP contribution in [0, 0.1) is 23.2 Å². The van der Waals surface area contributed by atoms with Gasteiger partial charge in [-0.15, -0.1) is 0 Å². The number of hydrogen-bond acceptors (Lipinski definition) is 4. The van der Waals surface area contributed by atoms with Crippen LogP contribution in [0.25, 0.3) is 0 Å². The molecule has 0 amide bonds. The summed E-state index contributed by atoms with van der Waals surface area (Å²) in [6.45, 7) is 9.38. The molecular formula is C21H29NO3. The Hall–Kier alpha value is -1.42. The van der Waals surface area contributed by atoms with Crippen molar-refractivity contribution in [2.45, 2.75) is 52.6 Å². The van der Waals surface area contributed by atoms with E-state index in [4.69, 9.17) is 4.74 Å². The Kier molecular flexibility index (Phi) is 4.14. The summed E-state index contributed by atoms with van der Waals surface area (Å²) in [5.41, 5.74) is 1.73. The predicted molar refractivity (Wildman–Crippen MR) is 95.9 cm³/mol. The standard InChI is InChI=1S/C21H29NO3/c1-13-6-10-22(11-7-13)12-16-15-4-8-21(3)9-5-17(23)14(2)18(21)19(15)25-20(16)24/h5,9,13,15-16,19H,4,6-8,10-12H2,1-3H3/t15-,16-,19-,21-/m0/s1. The van der Waals surface area contributed by atoms with Gasteiger partial charge in [0.05, 0.1) is 5.92 Å². The van der Waals surface area contributed by atoms with Crippen molar-refractivity contribution < 1.29 is 14.3 Å². The zero-order valence-electron chi connectivity index (χ0n) is 15.6. The first-order valence-electron chi connectivity index (χ1n) is 9.77. The van der Waals surface area contributed by atoms with Crippen molar-refractivity contribution in [3.05, 3.63) is 23.3 Å². The van der Waals surface area contributed by atoms with Gasteiger partial charge in [0.15, 0.2) is 5.78 Å². The molecule has 0 N–H and O–H groups in total. The van der Waals surface area contributed by atoms with Crippen LogP contribution < -0.4 is 0 Å². The van der Waals surface area contributed by atoms with Crippen LogP contribution in [-0.2, 0) is 14.3 Å². The second kappa shape index (κ2) is 6.08. The fourth-order valence-electron chi connectivity index (χ4n) is 5.30. The molecule has 0 spiro atoms. The molecule has 0 bridgehead atoms. The third-order valence-corrected chi connectivity index (χ3v) is 7.06. The van der Waals surface area contributed by atoms with Crippen molar-refractivity contribution in [2.75, 3.05) is 19.6 Å². The first kappa shape index (κ1) is 17.0. The molecule has 2 heterocycles. The van der Waals surface area contributed by atoms with Crippen LogP contribution in [-0.4, -0.2) is 42.4 Å². The number of hydrogen-bond donors (Lipinski definition) is 0. The van der Waals surface area contributed by atoms with Gasteiger partial charge in [-0.1, -0.05) is 19.9 Å². The number of allylic oxidation sites excluding steroid dienone is 3. The van der Waals surface area contributed by atoms with Gasteiger partial charge >= 0.3 is 5.97 Å². The Labute approximate surface area is 150 Å². The van der Waals surface area contributed by atoms with E-state index >= 15 is 0 Å². The molecular weight excluding hydrogens is 314 g/mol. The predicted octanol–water partition coefficient (Wildman–Crippen LogP) is 3.13. The number of esters is 1. The molecule has 2 saturated heterocycles. The first-order valence-corrected chi connectivity index (χ1v) is 9.77. The fourth-order valence-corrected chi connectivity index (χ4v) is 5.30. The van der Waals surface area contributed by atoms with Gasteiger partial charge in [-0.25, -0.2) is 0 Å². The lowest BCUT2D eigenvalue weighted by Gasteiger charge is -2.43. The number of carbonyl (C=O) groups excluding carboxylic acids is 2. The molecule has 4 heteroatoms. The minimum atomic E-state index is -0.200. The lowest BCUT2D eigenvalue weighted by atomic mass is 9.61. The van der Waals surface area contributed by atoms with Gasteiger partial charge in [0.25, 0.3) is 0 Å². The van der Waals surface area contributed by atoms with Crippen molar-refractivity contribution in [3.8, 4) is 0 Å². The van der Waals surface area contributed by atoms with Crippen LogP contribution >= 0.6 is 0 Å². The summed E-state index contributed by atoms with van der Waals surface area (Å²) in [5.74, 6) is 0.994. The molecule has 0 unspecified atom stereocenters. The van der Waals surface area contributed by atoms with E-state index in [0.717, 1.165) is 49.5 Å². The Morgan fingerprint density at radius 1 is 1.24 bits per heavy atom. The highest BCUT2D eigenvalue weighted by atomic mass is 16.6. The van der Waals surface area contributed by atoms with E-state index in [1.807, 2.05) is 13.0 Å². The molecule has 25 heavy (non-hydrogen) atoms. The summed E-state index contributed by atoms with van der Waals surface area (Å²) in [4.78, 5) is 27.3. The molecule has 4 atom stereocenters. The smallest absolute Gasteiger partial charge is 0.311 e. The number of piperidine rings is 1. The highest BCUT2D eigenvalue weighted by molar-refractivity contribution is 6.05. The molecule has 1 saturated carbocycles. The summed E-state index contributed by atoms with van der Waals surface area (Å²) < 4.78 is 5.88.